The van der Waals surface area contributed by atoms with E-state index in [9.17, 15) is 0 Å². The summed E-state index contributed by atoms with van der Waals surface area (Å²) in [6, 6.07) is 32.8. The Morgan fingerprint density at radius 1 is 0.711 bits per heavy atom. The van der Waals surface area contributed by atoms with Crippen LogP contribution < -0.4 is 5.19 Å². The molecule has 0 aliphatic rings. The number of nitrogens with zero attached hydrogens (tertiary/aromatic N) is 3. The molecule has 0 saturated carbocycles. The van der Waals surface area contributed by atoms with E-state index in [0.717, 1.165) is 28.1 Å². The van der Waals surface area contributed by atoms with Gasteiger partial charge < -0.3 is 9.97 Å². The zero-order valence-corrected chi connectivity index (χ0v) is 26.0. The van der Waals surface area contributed by atoms with E-state index in [0.29, 0.717) is 5.92 Å². The summed E-state index contributed by atoms with van der Waals surface area (Å²) in [7, 11) is -1.35. The second-order valence-electron chi connectivity index (χ2n) is 10.3. The Morgan fingerprint density at radius 3 is 2.00 bits per heavy atom. The van der Waals surface area contributed by atoms with Gasteiger partial charge in [0.15, 0.2) is 0 Å². The van der Waals surface area contributed by atoms with Crippen molar-refractivity contribution in [2.75, 3.05) is 0 Å². The minimum absolute atomic E-state index is 0. The van der Waals surface area contributed by atoms with Crippen LogP contribution in [0.25, 0.3) is 33.6 Å². The molecule has 3 heterocycles. The number of aromatic nitrogens is 3. The molecule has 3 aromatic heterocycles. The van der Waals surface area contributed by atoms with Crippen LogP contribution in [0.5, 0.6) is 0 Å². The maximum Gasteiger partial charge on any atom is 0.0798 e. The van der Waals surface area contributed by atoms with Gasteiger partial charge in [-0.15, -0.1) is 42.0 Å². The van der Waals surface area contributed by atoms with Gasteiger partial charge in [-0.3, -0.25) is 4.98 Å². The Bertz CT molecular complexity index is 1340. The normalized spacial score (nSPS) is 10.8. The summed E-state index contributed by atoms with van der Waals surface area (Å²) in [5.74, 6) is 0.519. The summed E-state index contributed by atoms with van der Waals surface area (Å²) in [5, 5.41) is 1.46. The molecule has 0 amide bonds. The van der Waals surface area contributed by atoms with E-state index < -0.39 is 8.07 Å². The average Bonchev–Trinajstić information content (AvgIpc) is 2.94. The third-order valence-corrected chi connectivity index (χ3v) is 8.15. The first-order chi connectivity index (χ1) is 17.8. The molecular weight excluding hydrogens is 659 g/mol. The van der Waals surface area contributed by atoms with Gasteiger partial charge in [0.1, 0.15) is 0 Å². The van der Waals surface area contributed by atoms with Crippen LogP contribution in [0, 0.1) is 12.1 Å². The quantitative estimate of drug-likeness (QED) is 0.139. The Morgan fingerprint density at radius 2 is 1.42 bits per heavy atom. The van der Waals surface area contributed by atoms with Crippen LogP contribution in [0.15, 0.2) is 104 Å². The van der Waals surface area contributed by atoms with E-state index in [1.807, 2.05) is 60.8 Å². The molecule has 0 bridgehead atoms. The minimum Gasteiger partial charge on any atom is -0.321 e. The fraction of sp³-hybridized carbons (Fsp3) is 0.182. The van der Waals surface area contributed by atoms with Crippen LogP contribution in [0.4, 0.5) is 0 Å². The number of benzene rings is 2. The molecule has 0 unspecified atom stereocenters. The molecule has 5 rings (SSSR count). The van der Waals surface area contributed by atoms with Crippen molar-refractivity contribution in [1.82, 2.24) is 15.0 Å². The molecule has 0 atom stereocenters. The van der Waals surface area contributed by atoms with Crippen molar-refractivity contribution in [3.8, 4) is 33.6 Å². The number of hydrogen-bond donors (Lipinski definition) is 0. The molecule has 38 heavy (non-hydrogen) atoms. The summed E-state index contributed by atoms with van der Waals surface area (Å²) in [5.41, 5.74) is 7.73. The van der Waals surface area contributed by atoms with E-state index in [1.165, 1.54) is 16.3 Å². The number of hydrogen-bond acceptors (Lipinski definition) is 3. The molecule has 5 heteroatoms. The van der Waals surface area contributed by atoms with Gasteiger partial charge in [0, 0.05) is 32.5 Å². The molecular formula is C33H33IrN3Si-2. The molecule has 0 saturated heterocycles. The van der Waals surface area contributed by atoms with Gasteiger partial charge in [0.05, 0.1) is 8.07 Å². The third-order valence-electron chi connectivity index (χ3n) is 6.12. The van der Waals surface area contributed by atoms with Crippen molar-refractivity contribution >= 4 is 13.3 Å². The first-order valence-corrected chi connectivity index (χ1v) is 16.1. The van der Waals surface area contributed by atoms with E-state index in [4.69, 9.17) is 0 Å². The Hall–Kier alpha value is -3.24. The molecule has 0 fully saturated rings. The number of pyridine rings is 3. The summed E-state index contributed by atoms with van der Waals surface area (Å²) >= 11 is 0. The fourth-order valence-electron chi connectivity index (χ4n) is 4.10. The van der Waals surface area contributed by atoms with Crippen molar-refractivity contribution in [2.45, 2.75) is 39.4 Å². The molecule has 3 nitrogen and oxygen atoms in total. The maximum absolute atomic E-state index is 4.63. The van der Waals surface area contributed by atoms with E-state index in [1.54, 1.807) is 12.4 Å². The second-order valence-corrected chi connectivity index (χ2v) is 15.3. The smallest absolute Gasteiger partial charge is 0.0798 e. The van der Waals surface area contributed by atoms with Gasteiger partial charge in [-0.1, -0.05) is 87.6 Å². The van der Waals surface area contributed by atoms with Gasteiger partial charge in [-0.25, -0.2) is 0 Å². The van der Waals surface area contributed by atoms with E-state index in [2.05, 4.69) is 91.0 Å². The molecule has 2 aromatic carbocycles. The van der Waals surface area contributed by atoms with Crippen molar-refractivity contribution in [2.24, 2.45) is 0 Å². The van der Waals surface area contributed by atoms with Gasteiger partial charge in [0.25, 0.3) is 0 Å². The van der Waals surface area contributed by atoms with Crippen LogP contribution in [-0.2, 0) is 20.1 Å². The monoisotopic (exact) mass is 692 g/mol. The van der Waals surface area contributed by atoms with Crippen LogP contribution >= 0.6 is 0 Å². The molecule has 1 radical (unpaired) electrons. The van der Waals surface area contributed by atoms with Gasteiger partial charge in [-0.2, -0.15) is 11.6 Å². The standard InChI is InChI=1S/C17H12N.C16H21N2Si.Ir/c1-3-7-14(8-4-1)16-11-12-17(18-13-16)15-9-5-2-6-10-15;1-12(2)14-10-15(13-6-8-17-9-7-13)18-11-16(14)19(3,4)5;/h1-9,11-13H;6,8-12H,1-5H3;/q2*-1;. The zero-order chi connectivity index (χ0) is 26.3. The molecule has 0 spiro atoms. The maximum atomic E-state index is 4.63. The van der Waals surface area contributed by atoms with Gasteiger partial charge in [0.2, 0.25) is 0 Å². The van der Waals surface area contributed by atoms with Crippen LogP contribution in [0.1, 0.15) is 25.3 Å². The minimum atomic E-state index is -1.35. The van der Waals surface area contributed by atoms with E-state index >= 15 is 0 Å². The largest absolute Gasteiger partial charge is 0.321 e. The Kier molecular flexibility index (Phi) is 10.4. The molecule has 5 aromatic rings. The van der Waals surface area contributed by atoms with Crippen molar-refractivity contribution in [3.05, 3.63) is 121 Å². The topological polar surface area (TPSA) is 38.7 Å². The Balaban J connectivity index is 0.000000205. The van der Waals surface area contributed by atoms with Crippen molar-refractivity contribution in [1.29, 1.82) is 0 Å². The summed E-state index contributed by atoms with van der Waals surface area (Å²) in [4.78, 5) is 13.1. The molecule has 0 N–H and O–H groups in total. The molecule has 0 aliphatic carbocycles. The number of rotatable bonds is 5. The van der Waals surface area contributed by atoms with Crippen molar-refractivity contribution in [3.63, 3.8) is 0 Å². The fourth-order valence-corrected chi connectivity index (χ4v) is 5.78. The van der Waals surface area contributed by atoms with E-state index in [-0.39, 0.29) is 20.1 Å². The van der Waals surface area contributed by atoms with Crippen LogP contribution in [-0.4, -0.2) is 23.0 Å². The summed E-state index contributed by atoms with van der Waals surface area (Å²) < 4.78 is 0. The Labute approximate surface area is 241 Å². The second kappa shape index (κ2) is 13.5. The predicted molar refractivity (Wildman–Crippen MR) is 157 cm³/mol. The average molecular weight is 692 g/mol. The summed E-state index contributed by atoms with van der Waals surface area (Å²) in [6.45, 7) is 11.6. The summed E-state index contributed by atoms with van der Waals surface area (Å²) in [6.07, 6.45) is 7.46. The molecule has 0 aliphatic heterocycles. The van der Waals surface area contributed by atoms with Crippen molar-refractivity contribution < 1.29 is 20.1 Å². The van der Waals surface area contributed by atoms with Crippen LogP contribution in [0.3, 0.4) is 0 Å². The van der Waals surface area contributed by atoms with Crippen LogP contribution in [0.2, 0.25) is 19.6 Å². The predicted octanol–water partition coefficient (Wildman–Crippen LogP) is 7.83. The molecule has 195 valence electrons. The SMILES string of the molecule is CC(C)c1cc(-c2[c-]cncc2)ncc1[Si](C)(C)C.[Ir].[c-]1ccccc1-c1ccc(-c2ccccc2)cn1. The first-order valence-electron chi connectivity index (χ1n) is 12.6. The first kappa shape index (κ1) is 29.3. The zero-order valence-electron chi connectivity index (χ0n) is 22.6. The van der Waals surface area contributed by atoms with Gasteiger partial charge in [-0.05, 0) is 46.0 Å². The third kappa shape index (κ3) is 7.64. The van der Waals surface area contributed by atoms with Gasteiger partial charge >= 0.3 is 0 Å².